The van der Waals surface area contributed by atoms with E-state index in [9.17, 15) is 9.59 Å². The van der Waals surface area contributed by atoms with Crippen molar-refractivity contribution in [2.24, 2.45) is 0 Å². The van der Waals surface area contributed by atoms with Gasteiger partial charge in [0.15, 0.2) is 0 Å². The summed E-state index contributed by atoms with van der Waals surface area (Å²) in [5.41, 5.74) is 0.993. The number of ether oxygens (including phenoxy) is 1. The minimum Gasteiger partial charge on any atom is -0.481 e. The fourth-order valence-electron chi connectivity index (χ4n) is 1.97. The van der Waals surface area contributed by atoms with Gasteiger partial charge in [-0.2, -0.15) is 0 Å². The maximum absolute atomic E-state index is 12.0. The van der Waals surface area contributed by atoms with Crippen LogP contribution in [0.3, 0.4) is 0 Å². The summed E-state index contributed by atoms with van der Waals surface area (Å²) in [5.74, 6) is -1.18. The molecule has 1 rings (SSSR count). The highest BCUT2D eigenvalue weighted by Crippen LogP contribution is 2.06. The lowest BCUT2D eigenvalue weighted by molar-refractivity contribution is -0.138. The Morgan fingerprint density at radius 3 is 2.52 bits per heavy atom. The van der Waals surface area contributed by atoms with Gasteiger partial charge in [0.05, 0.1) is 13.0 Å². The SMILES string of the molecule is CCCC(CC(=O)O)NC(=O)C(C)OCc1ccccc1. The Morgan fingerprint density at radius 2 is 1.95 bits per heavy atom. The molecular weight excluding hydrogens is 270 g/mol. The molecule has 21 heavy (non-hydrogen) atoms. The van der Waals surface area contributed by atoms with Crippen LogP contribution in [0.5, 0.6) is 0 Å². The first-order valence-electron chi connectivity index (χ1n) is 7.20. The van der Waals surface area contributed by atoms with E-state index in [2.05, 4.69) is 5.32 Å². The number of carboxylic acids is 1. The van der Waals surface area contributed by atoms with E-state index in [1.165, 1.54) is 0 Å². The third-order valence-electron chi connectivity index (χ3n) is 3.12. The Balaban J connectivity index is 2.43. The molecule has 2 N–H and O–H groups in total. The monoisotopic (exact) mass is 293 g/mol. The van der Waals surface area contributed by atoms with Gasteiger partial charge in [0.1, 0.15) is 6.10 Å². The molecule has 0 bridgehead atoms. The number of hydrogen-bond donors (Lipinski definition) is 2. The molecule has 0 fully saturated rings. The predicted molar refractivity (Wildman–Crippen MR) is 79.8 cm³/mol. The summed E-state index contributed by atoms with van der Waals surface area (Å²) < 4.78 is 5.51. The molecule has 0 aliphatic heterocycles. The molecule has 5 nitrogen and oxygen atoms in total. The lowest BCUT2D eigenvalue weighted by Gasteiger charge is -2.19. The minimum atomic E-state index is -0.911. The number of carboxylic acid groups (broad SMARTS) is 1. The third-order valence-corrected chi connectivity index (χ3v) is 3.12. The fraction of sp³-hybridized carbons (Fsp3) is 0.500. The second-order valence-electron chi connectivity index (χ2n) is 5.03. The molecule has 0 spiro atoms. The second-order valence-corrected chi connectivity index (χ2v) is 5.03. The summed E-state index contributed by atoms with van der Waals surface area (Å²) in [4.78, 5) is 22.8. The van der Waals surface area contributed by atoms with E-state index >= 15 is 0 Å². The van der Waals surface area contributed by atoms with Gasteiger partial charge < -0.3 is 15.2 Å². The normalized spacial score (nSPS) is 13.4. The van der Waals surface area contributed by atoms with Crippen LogP contribution < -0.4 is 5.32 Å². The van der Waals surface area contributed by atoms with Crippen LogP contribution in [0.4, 0.5) is 0 Å². The highest BCUT2D eigenvalue weighted by molar-refractivity contribution is 5.81. The molecule has 1 amide bonds. The van der Waals surface area contributed by atoms with Crippen LogP contribution in [0.15, 0.2) is 30.3 Å². The van der Waals surface area contributed by atoms with Crippen molar-refractivity contribution in [1.29, 1.82) is 0 Å². The first kappa shape index (κ1) is 17.2. The number of hydrogen-bond acceptors (Lipinski definition) is 3. The molecule has 0 radical (unpaired) electrons. The summed E-state index contributed by atoms with van der Waals surface area (Å²) in [6, 6.07) is 9.24. The number of nitrogens with one attached hydrogen (secondary N) is 1. The summed E-state index contributed by atoms with van der Waals surface area (Å²) in [6.07, 6.45) is 0.782. The van der Waals surface area contributed by atoms with Crippen LogP contribution in [-0.2, 0) is 20.9 Å². The quantitative estimate of drug-likeness (QED) is 0.733. The zero-order valence-electron chi connectivity index (χ0n) is 12.5. The minimum absolute atomic E-state index is 0.0645. The number of rotatable bonds is 9. The Labute approximate surface area is 125 Å². The van der Waals surface area contributed by atoms with Gasteiger partial charge >= 0.3 is 5.97 Å². The van der Waals surface area contributed by atoms with E-state index in [-0.39, 0.29) is 18.4 Å². The van der Waals surface area contributed by atoms with Crippen molar-refractivity contribution in [2.75, 3.05) is 0 Å². The van der Waals surface area contributed by atoms with Gasteiger partial charge in [-0.15, -0.1) is 0 Å². The largest absolute Gasteiger partial charge is 0.481 e. The van der Waals surface area contributed by atoms with Gasteiger partial charge in [-0.1, -0.05) is 43.7 Å². The van der Waals surface area contributed by atoms with Crippen LogP contribution in [0.2, 0.25) is 0 Å². The molecule has 1 aromatic rings. The van der Waals surface area contributed by atoms with E-state index in [0.29, 0.717) is 13.0 Å². The average Bonchev–Trinajstić information content (AvgIpc) is 2.45. The van der Waals surface area contributed by atoms with Crippen molar-refractivity contribution in [3.8, 4) is 0 Å². The van der Waals surface area contributed by atoms with E-state index in [1.54, 1.807) is 6.92 Å². The third kappa shape index (κ3) is 6.90. The van der Waals surface area contributed by atoms with Crippen molar-refractivity contribution >= 4 is 11.9 Å². The van der Waals surface area contributed by atoms with Crippen molar-refractivity contribution in [2.45, 2.75) is 51.9 Å². The van der Waals surface area contributed by atoms with Crippen LogP contribution in [0.1, 0.15) is 38.7 Å². The number of aliphatic carboxylic acids is 1. The molecule has 0 saturated heterocycles. The average molecular weight is 293 g/mol. The Hall–Kier alpha value is -1.88. The molecule has 0 heterocycles. The van der Waals surface area contributed by atoms with Gasteiger partial charge in [0, 0.05) is 6.04 Å². The van der Waals surface area contributed by atoms with Gasteiger partial charge in [-0.05, 0) is 18.9 Å². The van der Waals surface area contributed by atoms with Crippen LogP contribution in [-0.4, -0.2) is 29.1 Å². The Morgan fingerprint density at radius 1 is 1.29 bits per heavy atom. The summed E-state index contributed by atoms with van der Waals surface area (Å²) in [7, 11) is 0. The van der Waals surface area contributed by atoms with Crippen molar-refractivity contribution in [3.63, 3.8) is 0 Å². The van der Waals surface area contributed by atoms with Crippen molar-refractivity contribution in [1.82, 2.24) is 5.32 Å². The Bertz CT molecular complexity index is 447. The summed E-state index contributed by atoms with van der Waals surface area (Å²) in [5, 5.41) is 11.6. The van der Waals surface area contributed by atoms with Gasteiger partial charge in [0.2, 0.25) is 5.91 Å². The van der Waals surface area contributed by atoms with E-state index in [0.717, 1.165) is 12.0 Å². The smallest absolute Gasteiger partial charge is 0.305 e. The van der Waals surface area contributed by atoms with E-state index < -0.39 is 12.1 Å². The molecule has 0 aliphatic carbocycles. The molecular formula is C16H23NO4. The summed E-state index contributed by atoms with van der Waals surface area (Å²) in [6.45, 7) is 3.98. The zero-order valence-corrected chi connectivity index (χ0v) is 12.5. The second kappa shape index (κ2) is 9.13. The zero-order chi connectivity index (χ0) is 15.7. The van der Waals surface area contributed by atoms with Crippen LogP contribution in [0, 0.1) is 0 Å². The molecule has 1 aromatic carbocycles. The van der Waals surface area contributed by atoms with E-state index in [4.69, 9.17) is 9.84 Å². The lowest BCUT2D eigenvalue weighted by Crippen LogP contribution is -2.42. The van der Waals surface area contributed by atoms with Crippen LogP contribution in [0.25, 0.3) is 0 Å². The molecule has 0 saturated carbocycles. The molecule has 2 atom stereocenters. The van der Waals surface area contributed by atoms with Gasteiger partial charge in [-0.25, -0.2) is 0 Å². The number of carbonyl (C=O) groups excluding carboxylic acids is 1. The van der Waals surface area contributed by atoms with Gasteiger partial charge in [-0.3, -0.25) is 9.59 Å². The van der Waals surface area contributed by atoms with E-state index in [1.807, 2.05) is 37.3 Å². The van der Waals surface area contributed by atoms with Gasteiger partial charge in [0.25, 0.3) is 0 Å². The highest BCUT2D eigenvalue weighted by atomic mass is 16.5. The maximum Gasteiger partial charge on any atom is 0.305 e. The maximum atomic E-state index is 12.0. The molecule has 0 aromatic heterocycles. The number of benzene rings is 1. The standard InChI is InChI=1S/C16H23NO4/c1-3-7-14(10-15(18)19)17-16(20)12(2)21-11-13-8-5-4-6-9-13/h4-6,8-9,12,14H,3,7,10-11H2,1-2H3,(H,17,20)(H,18,19). The topological polar surface area (TPSA) is 75.6 Å². The number of amides is 1. The molecule has 0 aliphatic rings. The predicted octanol–water partition coefficient (Wildman–Crippen LogP) is 2.35. The first-order chi connectivity index (χ1) is 10.0. The van der Waals surface area contributed by atoms with Crippen LogP contribution >= 0.6 is 0 Å². The van der Waals surface area contributed by atoms with Crippen molar-refractivity contribution in [3.05, 3.63) is 35.9 Å². The fourth-order valence-corrected chi connectivity index (χ4v) is 1.97. The molecule has 116 valence electrons. The van der Waals surface area contributed by atoms with Crippen molar-refractivity contribution < 1.29 is 19.4 Å². The number of carbonyl (C=O) groups is 2. The Kier molecular flexibility index (Phi) is 7.46. The lowest BCUT2D eigenvalue weighted by atomic mass is 10.1. The summed E-state index contributed by atoms with van der Waals surface area (Å²) >= 11 is 0. The first-order valence-corrected chi connectivity index (χ1v) is 7.20. The molecule has 5 heteroatoms. The molecule has 2 unspecified atom stereocenters. The highest BCUT2D eigenvalue weighted by Gasteiger charge is 2.19.